The summed E-state index contributed by atoms with van der Waals surface area (Å²) in [5.41, 5.74) is 1.22. The third-order valence-corrected chi connectivity index (χ3v) is 3.81. The smallest absolute Gasteiger partial charge is 0.360 e. The van der Waals surface area contributed by atoms with Gasteiger partial charge in [-0.05, 0) is 24.6 Å². The Hall–Kier alpha value is -2.05. The molecule has 0 unspecified atom stereocenters. The maximum Gasteiger partial charge on any atom is 0.360 e. The first-order valence-electron chi connectivity index (χ1n) is 7.42. The van der Waals surface area contributed by atoms with Crippen LogP contribution in [0.4, 0.5) is 6.01 Å². The predicted molar refractivity (Wildman–Crippen MR) is 84.8 cm³/mol. The Balaban J connectivity index is 1.71. The van der Waals surface area contributed by atoms with Gasteiger partial charge in [-0.2, -0.15) is 4.98 Å². The minimum Gasteiger partial charge on any atom is -0.461 e. The zero-order valence-corrected chi connectivity index (χ0v) is 13.5. The first-order chi connectivity index (χ1) is 11.2. The molecule has 7 heteroatoms. The van der Waals surface area contributed by atoms with Crippen molar-refractivity contribution in [3.63, 3.8) is 0 Å². The van der Waals surface area contributed by atoms with E-state index < -0.39 is 5.97 Å². The Morgan fingerprint density at radius 1 is 1.43 bits per heavy atom. The molecule has 0 bridgehead atoms. The second kappa shape index (κ2) is 7.02. The van der Waals surface area contributed by atoms with Crippen LogP contribution in [0.5, 0.6) is 0 Å². The molecule has 1 fully saturated rings. The molecule has 0 amide bonds. The molecule has 0 N–H and O–H groups in total. The van der Waals surface area contributed by atoms with Crippen LogP contribution in [0.1, 0.15) is 29.1 Å². The number of nitrogens with zero attached hydrogens (tertiary/aromatic N) is 2. The molecule has 1 aliphatic heterocycles. The highest BCUT2D eigenvalue weighted by Crippen LogP contribution is 2.26. The summed E-state index contributed by atoms with van der Waals surface area (Å²) < 4.78 is 16.1. The molecular weight excluding hydrogens is 320 g/mol. The molecule has 122 valence electrons. The summed E-state index contributed by atoms with van der Waals surface area (Å²) in [4.78, 5) is 17.8. The lowest BCUT2D eigenvalue weighted by molar-refractivity contribution is 0.0380. The Bertz CT molecular complexity index is 671. The van der Waals surface area contributed by atoms with E-state index in [4.69, 9.17) is 25.5 Å². The van der Waals surface area contributed by atoms with E-state index in [1.165, 1.54) is 6.26 Å². The number of anilines is 1. The largest absolute Gasteiger partial charge is 0.461 e. The van der Waals surface area contributed by atoms with Crippen LogP contribution in [0.3, 0.4) is 0 Å². The van der Waals surface area contributed by atoms with Crippen LogP contribution in [0.25, 0.3) is 0 Å². The summed E-state index contributed by atoms with van der Waals surface area (Å²) in [5, 5.41) is 0.688. The molecule has 2 heterocycles. The Morgan fingerprint density at radius 3 is 2.96 bits per heavy atom. The van der Waals surface area contributed by atoms with Gasteiger partial charge in [0.05, 0.1) is 19.8 Å². The molecule has 6 nitrogen and oxygen atoms in total. The van der Waals surface area contributed by atoms with E-state index in [-0.39, 0.29) is 11.8 Å². The number of rotatable bonds is 4. The lowest BCUT2D eigenvalue weighted by atomic mass is 10.1. The average molecular weight is 337 g/mol. The predicted octanol–water partition coefficient (Wildman–Crippen LogP) is 3.08. The van der Waals surface area contributed by atoms with Crippen molar-refractivity contribution in [3.8, 4) is 0 Å². The van der Waals surface area contributed by atoms with E-state index in [1.807, 2.05) is 29.2 Å². The fourth-order valence-electron chi connectivity index (χ4n) is 2.41. The van der Waals surface area contributed by atoms with E-state index in [0.29, 0.717) is 37.3 Å². The number of oxazole rings is 1. The van der Waals surface area contributed by atoms with E-state index in [1.54, 1.807) is 6.92 Å². The van der Waals surface area contributed by atoms with Crippen molar-refractivity contribution < 1.29 is 18.7 Å². The van der Waals surface area contributed by atoms with Gasteiger partial charge >= 0.3 is 5.97 Å². The number of esters is 1. The highest BCUT2D eigenvalue weighted by Gasteiger charge is 2.26. The highest BCUT2D eigenvalue weighted by molar-refractivity contribution is 6.30. The van der Waals surface area contributed by atoms with Crippen LogP contribution in [0, 0.1) is 0 Å². The monoisotopic (exact) mass is 336 g/mol. The number of morpholine rings is 1. The summed E-state index contributed by atoms with van der Waals surface area (Å²) in [5.74, 6) is -0.481. The van der Waals surface area contributed by atoms with Crippen molar-refractivity contribution in [1.82, 2.24) is 4.98 Å². The van der Waals surface area contributed by atoms with Gasteiger partial charge in [-0.25, -0.2) is 4.79 Å². The van der Waals surface area contributed by atoms with Crippen molar-refractivity contribution >= 4 is 23.6 Å². The van der Waals surface area contributed by atoms with Gasteiger partial charge in [0.15, 0.2) is 5.69 Å². The third-order valence-electron chi connectivity index (χ3n) is 3.56. The van der Waals surface area contributed by atoms with Gasteiger partial charge in [0.1, 0.15) is 12.4 Å². The maximum absolute atomic E-state index is 11.7. The molecule has 0 saturated carbocycles. The van der Waals surface area contributed by atoms with Gasteiger partial charge in [-0.15, -0.1) is 0 Å². The average Bonchev–Trinajstić information content (AvgIpc) is 3.06. The zero-order chi connectivity index (χ0) is 16.2. The Kier molecular flexibility index (Phi) is 4.83. The third kappa shape index (κ3) is 3.65. The maximum atomic E-state index is 11.7. The molecule has 1 aliphatic rings. The molecule has 1 atom stereocenters. The van der Waals surface area contributed by atoms with Gasteiger partial charge < -0.3 is 18.8 Å². The number of carbonyl (C=O) groups excluding carboxylic acids is 1. The number of aromatic nitrogens is 1. The zero-order valence-electron chi connectivity index (χ0n) is 12.7. The lowest BCUT2D eigenvalue weighted by Crippen LogP contribution is -2.38. The SMILES string of the molecule is CCOC(=O)c1coc(N2CCO[C@H](c3ccc(Cl)cc3)C2)n1. The van der Waals surface area contributed by atoms with Crippen molar-refractivity contribution in [2.75, 3.05) is 31.2 Å². The van der Waals surface area contributed by atoms with E-state index >= 15 is 0 Å². The van der Waals surface area contributed by atoms with Crippen LogP contribution in [-0.4, -0.2) is 37.3 Å². The molecular formula is C16H17ClN2O4. The summed E-state index contributed by atoms with van der Waals surface area (Å²) in [6.45, 7) is 3.83. The minimum atomic E-state index is -0.481. The van der Waals surface area contributed by atoms with Crippen molar-refractivity contribution in [1.29, 1.82) is 0 Å². The molecule has 3 rings (SSSR count). The number of hydrogen-bond donors (Lipinski definition) is 0. The summed E-state index contributed by atoms with van der Waals surface area (Å²) >= 11 is 5.91. The van der Waals surface area contributed by atoms with Crippen LogP contribution in [0.15, 0.2) is 34.9 Å². The second-order valence-electron chi connectivity index (χ2n) is 5.09. The molecule has 0 radical (unpaired) electrons. The topological polar surface area (TPSA) is 64.8 Å². The van der Waals surface area contributed by atoms with Crippen molar-refractivity contribution in [2.24, 2.45) is 0 Å². The van der Waals surface area contributed by atoms with Crippen LogP contribution in [0.2, 0.25) is 5.02 Å². The lowest BCUT2D eigenvalue weighted by Gasteiger charge is -2.32. The van der Waals surface area contributed by atoms with Crippen LogP contribution < -0.4 is 4.90 Å². The molecule has 1 saturated heterocycles. The molecule has 2 aromatic rings. The number of hydrogen-bond acceptors (Lipinski definition) is 6. The molecule has 1 aromatic heterocycles. The van der Waals surface area contributed by atoms with Crippen LogP contribution >= 0.6 is 11.6 Å². The fraction of sp³-hybridized carbons (Fsp3) is 0.375. The number of halogens is 1. The Labute approximate surface area is 139 Å². The van der Waals surface area contributed by atoms with Gasteiger partial charge in [-0.1, -0.05) is 23.7 Å². The first-order valence-corrected chi connectivity index (χ1v) is 7.80. The Morgan fingerprint density at radius 2 is 2.22 bits per heavy atom. The van der Waals surface area contributed by atoms with E-state index in [0.717, 1.165) is 5.56 Å². The van der Waals surface area contributed by atoms with E-state index in [9.17, 15) is 4.79 Å². The standard InChI is InChI=1S/C16H17ClN2O4/c1-2-21-15(20)13-10-23-16(18-13)19-7-8-22-14(9-19)11-3-5-12(17)6-4-11/h3-6,10,14H,2,7-9H2,1H3/t14-/m0/s1. The van der Waals surface area contributed by atoms with Gasteiger partial charge in [0.2, 0.25) is 0 Å². The van der Waals surface area contributed by atoms with Crippen molar-refractivity contribution in [3.05, 3.63) is 46.8 Å². The number of ether oxygens (including phenoxy) is 2. The first kappa shape index (κ1) is 15.8. The normalized spacial score (nSPS) is 18.0. The van der Waals surface area contributed by atoms with Crippen LogP contribution in [-0.2, 0) is 9.47 Å². The minimum absolute atomic E-state index is 0.0982. The molecule has 0 spiro atoms. The summed E-state index contributed by atoms with van der Waals surface area (Å²) in [6.07, 6.45) is 1.22. The quantitative estimate of drug-likeness (QED) is 0.799. The second-order valence-corrected chi connectivity index (χ2v) is 5.53. The molecule has 0 aliphatic carbocycles. The van der Waals surface area contributed by atoms with E-state index in [2.05, 4.69) is 4.98 Å². The number of carbonyl (C=O) groups is 1. The molecule has 1 aromatic carbocycles. The number of benzene rings is 1. The fourth-order valence-corrected chi connectivity index (χ4v) is 2.54. The van der Waals surface area contributed by atoms with Gasteiger partial charge in [-0.3, -0.25) is 0 Å². The van der Waals surface area contributed by atoms with Gasteiger partial charge in [0.25, 0.3) is 6.01 Å². The summed E-state index contributed by atoms with van der Waals surface area (Å²) in [6, 6.07) is 7.95. The van der Waals surface area contributed by atoms with Gasteiger partial charge in [0, 0.05) is 11.6 Å². The summed E-state index contributed by atoms with van der Waals surface area (Å²) in [7, 11) is 0. The molecule has 23 heavy (non-hydrogen) atoms. The van der Waals surface area contributed by atoms with Crippen molar-refractivity contribution in [2.45, 2.75) is 13.0 Å². The highest BCUT2D eigenvalue weighted by atomic mass is 35.5.